The first-order valence-corrected chi connectivity index (χ1v) is 12.7. The first-order valence-electron chi connectivity index (χ1n) is 10.8. The molecular formula is C25H25ClN4O3S. The summed E-state index contributed by atoms with van der Waals surface area (Å²) in [6, 6.07) is 19.7. The summed E-state index contributed by atoms with van der Waals surface area (Å²) in [6.45, 7) is 4.40. The van der Waals surface area contributed by atoms with Crippen LogP contribution in [0.15, 0.2) is 71.6 Å². The van der Waals surface area contributed by atoms with Crippen molar-refractivity contribution < 1.29 is 13.2 Å². The molecular weight excluding hydrogens is 472 g/mol. The van der Waals surface area contributed by atoms with E-state index in [1.165, 1.54) is 11.4 Å². The lowest BCUT2D eigenvalue weighted by Crippen LogP contribution is -2.30. The monoisotopic (exact) mass is 496 g/mol. The summed E-state index contributed by atoms with van der Waals surface area (Å²) < 4.78 is 33.1. The molecule has 0 amide bonds. The maximum atomic E-state index is 13.1. The second-order valence-electron chi connectivity index (χ2n) is 7.50. The number of halogens is 1. The van der Waals surface area contributed by atoms with Crippen LogP contribution in [-0.2, 0) is 10.0 Å². The zero-order valence-corrected chi connectivity index (χ0v) is 20.7. The van der Waals surface area contributed by atoms with Crippen LogP contribution in [0.3, 0.4) is 0 Å². The van der Waals surface area contributed by atoms with Crippen LogP contribution in [0.1, 0.15) is 13.8 Å². The summed E-state index contributed by atoms with van der Waals surface area (Å²) in [6.07, 6.45) is 0. The van der Waals surface area contributed by atoms with Crippen molar-refractivity contribution in [3.8, 4) is 17.1 Å². The van der Waals surface area contributed by atoms with E-state index in [4.69, 9.17) is 26.3 Å². The molecule has 176 valence electrons. The number of ether oxygens (including phenoxy) is 1. The fraction of sp³-hybridized carbons (Fsp3) is 0.200. The van der Waals surface area contributed by atoms with Crippen molar-refractivity contribution in [1.29, 1.82) is 0 Å². The van der Waals surface area contributed by atoms with Gasteiger partial charge >= 0.3 is 0 Å². The predicted molar refractivity (Wildman–Crippen MR) is 136 cm³/mol. The van der Waals surface area contributed by atoms with Crippen LogP contribution in [0, 0.1) is 0 Å². The molecule has 0 fully saturated rings. The number of hydrogen-bond acceptors (Lipinski definition) is 6. The molecule has 0 saturated carbocycles. The number of para-hydroxylation sites is 1. The molecule has 0 bridgehead atoms. The highest BCUT2D eigenvalue weighted by molar-refractivity contribution is 7.89. The molecule has 9 heteroatoms. The number of anilines is 2. The Morgan fingerprint density at radius 2 is 1.68 bits per heavy atom. The van der Waals surface area contributed by atoms with Gasteiger partial charge in [0.1, 0.15) is 11.6 Å². The van der Waals surface area contributed by atoms with E-state index >= 15 is 0 Å². The summed E-state index contributed by atoms with van der Waals surface area (Å²) >= 11 is 6.04. The van der Waals surface area contributed by atoms with E-state index in [0.717, 1.165) is 16.5 Å². The number of hydrogen-bond donors (Lipinski definition) is 1. The molecule has 0 saturated heterocycles. The van der Waals surface area contributed by atoms with Gasteiger partial charge in [0, 0.05) is 29.1 Å². The summed E-state index contributed by atoms with van der Waals surface area (Å²) in [7, 11) is -2.11. The highest BCUT2D eigenvalue weighted by Crippen LogP contribution is 2.34. The van der Waals surface area contributed by atoms with Crippen LogP contribution >= 0.6 is 11.6 Å². The van der Waals surface area contributed by atoms with Crippen molar-refractivity contribution in [2.75, 3.05) is 25.5 Å². The zero-order valence-electron chi connectivity index (χ0n) is 19.1. The second kappa shape index (κ2) is 9.97. The molecule has 0 radical (unpaired) electrons. The molecule has 7 nitrogen and oxygen atoms in total. The molecule has 4 aromatic rings. The Morgan fingerprint density at radius 1 is 0.971 bits per heavy atom. The third kappa shape index (κ3) is 4.70. The number of benzene rings is 3. The van der Waals surface area contributed by atoms with Crippen LogP contribution in [-0.4, -0.2) is 42.9 Å². The predicted octanol–water partition coefficient (Wildman–Crippen LogP) is 5.73. The van der Waals surface area contributed by atoms with Gasteiger partial charge < -0.3 is 10.1 Å². The van der Waals surface area contributed by atoms with Gasteiger partial charge in [0.15, 0.2) is 5.82 Å². The first kappa shape index (κ1) is 23.9. The van der Waals surface area contributed by atoms with E-state index in [1.54, 1.807) is 30.3 Å². The van der Waals surface area contributed by atoms with Gasteiger partial charge in [-0.25, -0.2) is 18.4 Å². The van der Waals surface area contributed by atoms with Gasteiger partial charge in [-0.2, -0.15) is 4.31 Å². The minimum atomic E-state index is -3.65. The Hall–Kier alpha value is -3.20. The van der Waals surface area contributed by atoms with Gasteiger partial charge in [-0.05, 0) is 54.6 Å². The molecule has 1 heterocycles. The molecule has 0 aliphatic carbocycles. The van der Waals surface area contributed by atoms with Gasteiger partial charge in [-0.15, -0.1) is 0 Å². The van der Waals surface area contributed by atoms with Crippen LogP contribution in [0.4, 0.5) is 11.5 Å². The molecule has 0 aliphatic rings. The number of fused-ring (bicyclic) bond motifs is 1. The quantitative estimate of drug-likeness (QED) is 0.335. The van der Waals surface area contributed by atoms with Crippen LogP contribution in [0.25, 0.3) is 22.3 Å². The minimum Gasteiger partial charge on any atom is -0.495 e. The fourth-order valence-corrected chi connectivity index (χ4v) is 5.30. The number of methoxy groups -OCH3 is 1. The van der Waals surface area contributed by atoms with Crippen molar-refractivity contribution >= 4 is 44.0 Å². The average Bonchev–Trinajstić information content (AvgIpc) is 2.85. The van der Waals surface area contributed by atoms with E-state index in [0.29, 0.717) is 41.2 Å². The van der Waals surface area contributed by atoms with Crippen molar-refractivity contribution in [3.63, 3.8) is 0 Å². The van der Waals surface area contributed by atoms with Gasteiger partial charge in [-0.1, -0.05) is 37.6 Å². The summed E-state index contributed by atoms with van der Waals surface area (Å²) in [4.78, 5) is 9.62. The Bertz CT molecular complexity index is 1420. The molecule has 34 heavy (non-hydrogen) atoms. The number of rotatable bonds is 8. The van der Waals surface area contributed by atoms with Crippen LogP contribution in [0.5, 0.6) is 5.75 Å². The van der Waals surface area contributed by atoms with Gasteiger partial charge in [0.25, 0.3) is 0 Å². The molecule has 0 aliphatic heterocycles. The van der Waals surface area contributed by atoms with Gasteiger partial charge in [0.05, 0.1) is 23.2 Å². The van der Waals surface area contributed by atoms with E-state index < -0.39 is 10.0 Å². The largest absolute Gasteiger partial charge is 0.495 e. The van der Waals surface area contributed by atoms with Gasteiger partial charge in [-0.3, -0.25) is 0 Å². The van der Waals surface area contributed by atoms with Crippen molar-refractivity contribution in [3.05, 3.63) is 71.8 Å². The lowest BCUT2D eigenvalue weighted by atomic mass is 10.1. The van der Waals surface area contributed by atoms with E-state index in [-0.39, 0.29) is 4.90 Å². The number of nitrogens with zero attached hydrogens (tertiary/aromatic N) is 3. The molecule has 1 aromatic heterocycles. The highest BCUT2D eigenvalue weighted by Gasteiger charge is 2.23. The van der Waals surface area contributed by atoms with Gasteiger partial charge in [0.2, 0.25) is 10.0 Å². The maximum Gasteiger partial charge on any atom is 0.243 e. The average molecular weight is 497 g/mol. The molecule has 1 N–H and O–H groups in total. The Morgan fingerprint density at radius 3 is 2.35 bits per heavy atom. The molecule has 0 unspecified atom stereocenters. The van der Waals surface area contributed by atoms with E-state index in [2.05, 4.69) is 5.32 Å². The normalized spacial score (nSPS) is 11.7. The van der Waals surface area contributed by atoms with Crippen molar-refractivity contribution in [1.82, 2.24) is 14.3 Å². The SMILES string of the molecule is CCN(CC)S(=O)(=O)c1ccc(OC)c(Nc2nc(-c3ccc(Cl)cc3)nc3ccccc23)c1. The number of sulfonamides is 1. The zero-order chi connectivity index (χ0) is 24.3. The minimum absolute atomic E-state index is 0.177. The molecule has 3 aromatic carbocycles. The maximum absolute atomic E-state index is 13.1. The topological polar surface area (TPSA) is 84.4 Å². The Balaban J connectivity index is 1.84. The van der Waals surface area contributed by atoms with Crippen LogP contribution in [0.2, 0.25) is 5.02 Å². The Kier molecular flexibility index (Phi) is 7.02. The highest BCUT2D eigenvalue weighted by atomic mass is 35.5. The smallest absolute Gasteiger partial charge is 0.243 e. The molecule has 4 rings (SSSR count). The fourth-order valence-electron chi connectivity index (χ4n) is 3.69. The van der Waals surface area contributed by atoms with E-state index in [9.17, 15) is 8.42 Å². The van der Waals surface area contributed by atoms with E-state index in [1.807, 2.05) is 50.2 Å². The third-order valence-corrected chi connectivity index (χ3v) is 7.77. The standard InChI is InChI=1S/C25H25ClN4O3S/c1-4-30(5-2)34(31,32)19-14-15-23(33-3)22(16-19)28-25-20-8-6-7-9-21(20)27-24(29-25)17-10-12-18(26)13-11-17/h6-16H,4-5H2,1-3H3,(H,27,28,29). The number of aromatic nitrogens is 2. The van der Waals surface area contributed by atoms with Crippen LogP contribution < -0.4 is 10.1 Å². The number of nitrogens with one attached hydrogen (secondary N) is 1. The summed E-state index contributed by atoms with van der Waals surface area (Å²) in [5.41, 5.74) is 2.04. The molecule has 0 spiro atoms. The van der Waals surface area contributed by atoms with Crippen molar-refractivity contribution in [2.24, 2.45) is 0 Å². The molecule has 0 atom stereocenters. The second-order valence-corrected chi connectivity index (χ2v) is 9.87. The lowest BCUT2D eigenvalue weighted by Gasteiger charge is -2.20. The summed E-state index contributed by atoms with van der Waals surface area (Å²) in [5.74, 6) is 1.55. The Labute approximate surface area is 204 Å². The lowest BCUT2D eigenvalue weighted by molar-refractivity contribution is 0.416. The van der Waals surface area contributed by atoms with Crippen molar-refractivity contribution in [2.45, 2.75) is 18.7 Å². The first-order chi connectivity index (χ1) is 16.4. The summed E-state index contributed by atoms with van der Waals surface area (Å²) in [5, 5.41) is 4.71. The third-order valence-electron chi connectivity index (χ3n) is 5.47.